The fourth-order valence-electron chi connectivity index (χ4n) is 5.22. The number of benzene rings is 2. The summed E-state index contributed by atoms with van der Waals surface area (Å²) in [6.07, 6.45) is 4.75. The smallest absolute Gasteiger partial charge is 0.246 e. The van der Waals surface area contributed by atoms with E-state index in [9.17, 15) is 9.59 Å². The SMILES string of the molecule is O=C(CC(c1ccccc1)c1ccco1)N1CCC2(CCC(=O)N2OCc2ccccc2)CC1. The summed E-state index contributed by atoms with van der Waals surface area (Å²) in [5.74, 6) is 0.840. The van der Waals surface area contributed by atoms with Crippen LogP contribution in [0.3, 0.4) is 0 Å². The zero-order valence-electron chi connectivity index (χ0n) is 19.3. The molecule has 176 valence electrons. The zero-order valence-corrected chi connectivity index (χ0v) is 19.3. The predicted molar refractivity (Wildman–Crippen MR) is 127 cm³/mol. The van der Waals surface area contributed by atoms with Gasteiger partial charge < -0.3 is 9.32 Å². The van der Waals surface area contributed by atoms with Gasteiger partial charge in [0.05, 0.1) is 17.7 Å². The number of furan rings is 1. The van der Waals surface area contributed by atoms with Crippen molar-refractivity contribution in [2.75, 3.05) is 13.1 Å². The lowest BCUT2D eigenvalue weighted by atomic mass is 9.85. The summed E-state index contributed by atoms with van der Waals surface area (Å²) in [6.45, 7) is 1.62. The van der Waals surface area contributed by atoms with Gasteiger partial charge >= 0.3 is 0 Å². The average Bonchev–Trinajstić information content (AvgIpc) is 3.52. The monoisotopic (exact) mass is 458 g/mol. The minimum atomic E-state index is -0.317. The molecule has 2 aromatic carbocycles. The fraction of sp³-hybridized carbons (Fsp3) is 0.357. The molecule has 1 atom stereocenters. The third-order valence-electron chi connectivity index (χ3n) is 7.18. The summed E-state index contributed by atoms with van der Waals surface area (Å²) in [7, 11) is 0. The van der Waals surface area contributed by atoms with Crippen LogP contribution in [0, 0.1) is 0 Å². The lowest BCUT2D eigenvalue weighted by molar-refractivity contribution is -0.222. The topological polar surface area (TPSA) is 63.0 Å². The minimum absolute atomic E-state index is 0.0395. The highest BCUT2D eigenvalue weighted by Crippen LogP contribution is 2.40. The van der Waals surface area contributed by atoms with E-state index in [0.29, 0.717) is 32.5 Å². The van der Waals surface area contributed by atoms with Crippen LogP contribution in [-0.4, -0.2) is 40.4 Å². The third kappa shape index (κ3) is 4.64. The molecule has 34 heavy (non-hydrogen) atoms. The number of likely N-dealkylation sites (tertiary alicyclic amines) is 1. The second-order valence-corrected chi connectivity index (χ2v) is 9.24. The van der Waals surface area contributed by atoms with Gasteiger partial charge in [-0.3, -0.25) is 14.4 Å². The van der Waals surface area contributed by atoms with Gasteiger partial charge in [0, 0.05) is 25.9 Å². The van der Waals surface area contributed by atoms with Crippen LogP contribution < -0.4 is 0 Å². The van der Waals surface area contributed by atoms with Crippen molar-refractivity contribution in [3.63, 3.8) is 0 Å². The Morgan fingerprint density at radius 2 is 1.65 bits per heavy atom. The molecular formula is C28H30N2O4. The molecule has 3 aromatic rings. The molecule has 0 bridgehead atoms. The Labute approximate surface area is 200 Å². The molecular weight excluding hydrogens is 428 g/mol. The maximum Gasteiger partial charge on any atom is 0.246 e. The number of rotatable bonds is 7. The van der Waals surface area contributed by atoms with Gasteiger partial charge in [0.25, 0.3) is 0 Å². The molecule has 2 saturated heterocycles. The average molecular weight is 459 g/mol. The molecule has 0 aliphatic carbocycles. The summed E-state index contributed by atoms with van der Waals surface area (Å²) < 4.78 is 5.67. The van der Waals surface area contributed by atoms with E-state index in [2.05, 4.69) is 0 Å². The van der Waals surface area contributed by atoms with E-state index in [4.69, 9.17) is 9.25 Å². The lowest BCUT2D eigenvalue weighted by Crippen LogP contribution is -2.54. The normalized spacial score (nSPS) is 18.4. The molecule has 3 heterocycles. The number of amides is 2. The fourth-order valence-corrected chi connectivity index (χ4v) is 5.22. The molecule has 2 aliphatic rings. The first-order valence-electron chi connectivity index (χ1n) is 12.0. The van der Waals surface area contributed by atoms with Crippen molar-refractivity contribution in [1.82, 2.24) is 9.96 Å². The van der Waals surface area contributed by atoms with E-state index in [0.717, 1.165) is 36.1 Å². The largest absolute Gasteiger partial charge is 0.469 e. The molecule has 0 N–H and O–H groups in total. The van der Waals surface area contributed by atoms with E-state index < -0.39 is 0 Å². The Kier molecular flexibility index (Phi) is 6.50. The molecule has 1 aromatic heterocycles. The number of hydrogen-bond acceptors (Lipinski definition) is 4. The van der Waals surface area contributed by atoms with Gasteiger partial charge in [-0.25, -0.2) is 5.06 Å². The number of hydroxylamine groups is 2. The van der Waals surface area contributed by atoms with E-state index in [1.807, 2.05) is 77.7 Å². The van der Waals surface area contributed by atoms with Gasteiger partial charge in [-0.2, -0.15) is 0 Å². The summed E-state index contributed by atoms with van der Waals surface area (Å²) >= 11 is 0. The van der Waals surface area contributed by atoms with Gasteiger partial charge in [0.2, 0.25) is 11.8 Å². The minimum Gasteiger partial charge on any atom is -0.469 e. The first-order chi connectivity index (χ1) is 16.6. The van der Waals surface area contributed by atoms with Crippen LogP contribution in [0.1, 0.15) is 54.9 Å². The van der Waals surface area contributed by atoms with Crippen LogP contribution in [0.5, 0.6) is 0 Å². The molecule has 6 nitrogen and oxygen atoms in total. The summed E-state index contributed by atoms with van der Waals surface area (Å²) in [4.78, 5) is 33.9. The molecule has 0 saturated carbocycles. The third-order valence-corrected chi connectivity index (χ3v) is 7.18. The van der Waals surface area contributed by atoms with Gasteiger partial charge in [0.1, 0.15) is 12.4 Å². The van der Waals surface area contributed by atoms with Crippen LogP contribution in [0.25, 0.3) is 0 Å². The van der Waals surface area contributed by atoms with E-state index >= 15 is 0 Å². The van der Waals surface area contributed by atoms with Crippen molar-refractivity contribution in [3.05, 3.63) is 95.9 Å². The summed E-state index contributed by atoms with van der Waals surface area (Å²) in [5.41, 5.74) is 1.79. The molecule has 2 amide bonds. The standard InChI is InChI=1S/C28H30N2O4/c31-26-13-14-28(30(26)34-21-22-8-3-1-4-9-22)15-17-29(18-16-28)27(32)20-24(25-12-7-19-33-25)23-10-5-2-6-11-23/h1-12,19,24H,13-18,20-21H2. The highest BCUT2D eigenvalue weighted by Gasteiger charge is 2.48. The van der Waals surface area contributed by atoms with Crippen LogP contribution >= 0.6 is 0 Å². The van der Waals surface area contributed by atoms with Crippen molar-refractivity contribution in [2.45, 2.75) is 50.2 Å². The van der Waals surface area contributed by atoms with Gasteiger partial charge in [-0.05, 0) is 42.5 Å². The van der Waals surface area contributed by atoms with Crippen LogP contribution in [-0.2, 0) is 21.0 Å². The van der Waals surface area contributed by atoms with Gasteiger partial charge in [-0.1, -0.05) is 60.7 Å². The first-order valence-corrected chi connectivity index (χ1v) is 12.0. The lowest BCUT2D eigenvalue weighted by Gasteiger charge is -2.44. The highest BCUT2D eigenvalue weighted by molar-refractivity contribution is 5.79. The number of hydrogen-bond donors (Lipinski definition) is 0. The quantitative estimate of drug-likeness (QED) is 0.504. The Morgan fingerprint density at radius 3 is 2.32 bits per heavy atom. The van der Waals surface area contributed by atoms with Crippen molar-refractivity contribution < 1.29 is 18.8 Å². The van der Waals surface area contributed by atoms with Crippen molar-refractivity contribution in [2.24, 2.45) is 0 Å². The molecule has 0 radical (unpaired) electrons. The van der Waals surface area contributed by atoms with Crippen molar-refractivity contribution in [3.8, 4) is 0 Å². The number of carbonyl (C=O) groups is 2. The van der Waals surface area contributed by atoms with E-state index in [1.165, 1.54) is 0 Å². The molecule has 1 unspecified atom stereocenters. The molecule has 5 rings (SSSR count). The van der Waals surface area contributed by atoms with Crippen LogP contribution in [0.2, 0.25) is 0 Å². The molecule has 6 heteroatoms. The molecule has 1 spiro atoms. The Bertz CT molecular complexity index is 1090. The Morgan fingerprint density at radius 1 is 0.941 bits per heavy atom. The Balaban J connectivity index is 1.23. The highest BCUT2D eigenvalue weighted by atomic mass is 16.7. The Hall–Kier alpha value is -3.38. The van der Waals surface area contributed by atoms with E-state index in [-0.39, 0.29) is 23.3 Å². The van der Waals surface area contributed by atoms with Crippen LogP contribution in [0.15, 0.2) is 83.5 Å². The number of piperidine rings is 1. The summed E-state index contributed by atoms with van der Waals surface area (Å²) in [5, 5.41) is 1.62. The number of carbonyl (C=O) groups excluding carboxylic acids is 2. The van der Waals surface area contributed by atoms with E-state index in [1.54, 1.807) is 11.3 Å². The maximum atomic E-state index is 13.3. The molecule has 2 aliphatic heterocycles. The van der Waals surface area contributed by atoms with Crippen molar-refractivity contribution >= 4 is 11.8 Å². The van der Waals surface area contributed by atoms with Gasteiger partial charge in [0.15, 0.2) is 0 Å². The number of nitrogens with zero attached hydrogens (tertiary/aromatic N) is 2. The predicted octanol–water partition coefficient (Wildman–Crippen LogP) is 4.92. The zero-order chi connectivity index (χ0) is 23.4. The second-order valence-electron chi connectivity index (χ2n) is 9.24. The maximum absolute atomic E-state index is 13.3. The van der Waals surface area contributed by atoms with Crippen LogP contribution in [0.4, 0.5) is 0 Å². The molecule has 2 fully saturated rings. The van der Waals surface area contributed by atoms with Gasteiger partial charge in [-0.15, -0.1) is 0 Å². The van der Waals surface area contributed by atoms with Crippen molar-refractivity contribution in [1.29, 1.82) is 0 Å². The first kappa shape index (κ1) is 22.4. The summed E-state index contributed by atoms with van der Waals surface area (Å²) in [6, 6.07) is 23.7. The second kappa shape index (κ2) is 9.85.